The minimum Gasteiger partial charge on any atom is -0.473 e. The molecule has 12 heteroatoms. The van der Waals surface area contributed by atoms with Crippen molar-refractivity contribution in [3.63, 3.8) is 0 Å². The Balaban J connectivity index is 0.000000158. The minimum atomic E-state index is 0.0594. The molecule has 0 radical (unpaired) electrons. The first kappa shape index (κ1) is 41.7. The number of oxazole rings is 1. The number of anilines is 2. The maximum atomic E-state index is 5.92. The van der Waals surface area contributed by atoms with E-state index in [1.54, 1.807) is 28.9 Å². The largest absolute Gasteiger partial charge is 0.473 e. The number of piperazine rings is 2. The lowest BCUT2D eigenvalue weighted by molar-refractivity contribution is 0.313. The highest BCUT2D eigenvalue weighted by atomic mass is 32.1. The summed E-state index contributed by atoms with van der Waals surface area (Å²) in [5, 5.41) is 1.73. The standard InChI is InChI=1S/C25H28N4OS.C25H26N4OS/c2*1-18-23(16-19-7-6-10-21(15-19)29-13-11-28(2)12-14-29)31-25(26-18)24-27-22(17-30-24)20-8-4-3-5-9-20/h3-10,15,22H,11-14,16-17H2,1-2H3;3-10,15,17H,11-14,16H2,1-2H3. The van der Waals surface area contributed by atoms with Crippen LogP contribution in [0.5, 0.6) is 0 Å². The van der Waals surface area contributed by atoms with E-state index in [9.17, 15) is 0 Å². The van der Waals surface area contributed by atoms with Gasteiger partial charge in [-0.3, -0.25) is 0 Å². The second-order valence-corrected chi connectivity index (χ2v) is 18.6. The van der Waals surface area contributed by atoms with Crippen molar-refractivity contribution in [2.75, 3.05) is 82.9 Å². The number of likely N-dealkylation sites (N-methyl/N-ethyl adjacent to an activating group) is 2. The van der Waals surface area contributed by atoms with Crippen LogP contribution in [0.25, 0.3) is 22.2 Å². The Hall–Kier alpha value is -5.66. The number of hydrogen-bond acceptors (Lipinski definition) is 12. The number of nitrogens with zero attached hydrogens (tertiary/aromatic N) is 8. The average molecular weight is 863 g/mol. The van der Waals surface area contributed by atoms with Crippen LogP contribution in [0.2, 0.25) is 0 Å². The fraction of sp³-hybridized carbons (Fsp3) is 0.320. The molecule has 2 fully saturated rings. The summed E-state index contributed by atoms with van der Waals surface area (Å²) in [6.45, 7) is 13.5. The number of aryl methyl sites for hydroxylation is 2. The Morgan fingerprint density at radius 3 is 1.71 bits per heavy atom. The average Bonchev–Trinajstić information content (AvgIpc) is 4.14. The lowest BCUT2D eigenvalue weighted by Crippen LogP contribution is -2.44. The first-order chi connectivity index (χ1) is 30.3. The Labute approximate surface area is 373 Å². The number of thiazole rings is 2. The van der Waals surface area contributed by atoms with E-state index in [2.05, 4.69) is 113 Å². The number of aromatic nitrogens is 3. The molecule has 1 unspecified atom stereocenters. The van der Waals surface area contributed by atoms with Gasteiger partial charge in [0.15, 0.2) is 10.0 Å². The molecule has 62 heavy (non-hydrogen) atoms. The number of ether oxygens (including phenoxy) is 1. The molecule has 0 bridgehead atoms. The maximum absolute atomic E-state index is 5.92. The van der Waals surface area contributed by atoms with Crippen LogP contribution in [0.3, 0.4) is 0 Å². The van der Waals surface area contributed by atoms with Gasteiger partial charge in [0, 0.05) is 91.9 Å². The Bertz CT molecular complexity index is 2590. The van der Waals surface area contributed by atoms with Crippen LogP contribution in [0.1, 0.15) is 48.9 Å². The zero-order chi connectivity index (χ0) is 42.4. The van der Waals surface area contributed by atoms with E-state index < -0.39 is 0 Å². The van der Waals surface area contributed by atoms with Gasteiger partial charge in [-0.15, -0.1) is 22.7 Å². The highest BCUT2D eigenvalue weighted by Gasteiger charge is 2.25. The summed E-state index contributed by atoms with van der Waals surface area (Å²) in [6, 6.07) is 38.3. The fourth-order valence-corrected chi connectivity index (χ4v) is 10.1. The van der Waals surface area contributed by atoms with Crippen molar-refractivity contribution in [3.8, 4) is 22.2 Å². The first-order valence-corrected chi connectivity index (χ1v) is 23.2. The van der Waals surface area contributed by atoms with Gasteiger partial charge in [0.1, 0.15) is 24.6 Å². The van der Waals surface area contributed by atoms with Crippen LogP contribution in [0.15, 0.2) is 125 Å². The topological polar surface area (TPSA) is 86.4 Å². The van der Waals surface area contributed by atoms with Crippen molar-refractivity contribution in [2.24, 2.45) is 4.99 Å². The molecule has 3 aliphatic rings. The second kappa shape index (κ2) is 19.2. The van der Waals surface area contributed by atoms with E-state index in [-0.39, 0.29) is 6.04 Å². The van der Waals surface area contributed by atoms with Crippen LogP contribution in [-0.4, -0.2) is 104 Å². The Morgan fingerprint density at radius 2 is 1.13 bits per heavy atom. The van der Waals surface area contributed by atoms with Gasteiger partial charge in [-0.2, -0.15) is 0 Å². The van der Waals surface area contributed by atoms with Crippen LogP contribution < -0.4 is 9.80 Å². The van der Waals surface area contributed by atoms with Gasteiger partial charge in [0.2, 0.25) is 5.90 Å². The molecule has 7 aromatic rings. The Kier molecular flexibility index (Phi) is 12.9. The summed E-state index contributed by atoms with van der Waals surface area (Å²) in [6.07, 6.45) is 3.47. The number of aliphatic imine (C=N–C) groups is 1. The molecular weight excluding hydrogens is 809 g/mol. The molecule has 3 aromatic heterocycles. The molecule has 6 heterocycles. The van der Waals surface area contributed by atoms with E-state index in [4.69, 9.17) is 24.1 Å². The van der Waals surface area contributed by atoms with Crippen LogP contribution >= 0.6 is 22.7 Å². The SMILES string of the molecule is Cc1nc(-c2nc(-c3ccccc3)co2)sc1Cc1cccc(N2CCN(C)CC2)c1.Cc1nc(C2=NC(c3ccccc3)CO2)sc1Cc1cccc(N2CCN(C)CC2)c1. The maximum Gasteiger partial charge on any atom is 0.256 e. The van der Waals surface area contributed by atoms with E-state index in [1.807, 2.05) is 48.5 Å². The van der Waals surface area contributed by atoms with Crippen molar-refractivity contribution >= 4 is 39.9 Å². The molecule has 10 rings (SSSR count). The minimum absolute atomic E-state index is 0.0594. The molecule has 3 aliphatic heterocycles. The first-order valence-electron chi connectivity index (χ1n) is 21.6. The third kappa shape index (κ3) is 10.0. The van der Waals surface area contributed by atoms with Crippen molar-refractivity contribution in [1.29, 1.82) is 0 Å². The summed E-state index contributed by atoms with van der Waals surface area (Å²) < 4.78 is 11.7. The highest BCUT2D eigenvalue weighted by molar-refractivity contribution is 7.15. The zero-order valence-electron chi connectivity index (χ0n) is 36.0. The quantitative estimate of drug-likeness (QED) is 0.134. The molecule has 0 saturated carbocycles. The van der Waals surface area contributed by atoms with Crippen molar-refractivity contribution in [1.82, 2.24) is 24.8 Å². The molecule has 1 atom stereocenters. The van der Waals surface area contributed by atoms with Gasteiger partial charge in [-0.1, -0.05) is 84.9 Å². The molecule has 0 spiro atoms. The third-order valence-corrected chi connectivity index (χ3v) is 14.1. The van der Waals surface area contributed by atoms with E-state index in [0.717, 1.165) is 97.9 Å². The van der Waals surface area contributed by atoms with Gasteiger partial charge in [0.25, 0.3) is 5.89 Å². The fourth-order valence-electron chi connectivity index (χ4n) is 8.04. The van der Waals surface area contributed by atoms with Crippen LogP contribution in [0, 0.1) is 13.8 Å². The summed E-state index contributed by atoms with van der Waals surface area (Å²) >= 11 is 3.37. The molecule has 318 valence electrons. The summed E-state index contributed by atoms with van der Waals surface area (Å²) in [7, 11) is 4.38. The molecular formula is C50H54N8O2S2. The third-order valence-electron chi connectivity index (χ3n) is 11.8. The van der Waals surface area contributed by atoms with Gasteiger partial charge in [-0.25, -0.2) is 19.9 Å². The van der Waals surface area contributed by atoms with E-state index >= 15 is 0 Å². The molecule has 10 nitrogen and oxygen atoms in total. The van der Waals surface area contributed by atoms with Gasteiger partial charge < -0.3 is 28.8 Å². The van der Waals surface area contributed by atoms with Crippen molar-refractivity contribution in [2.45, 2.75) is 32.7 Å². The van der Waals surface area contributed by atoms with E-state index in [1.165, 1.54) is 37.8 Å². The molecule has 4 aromatic carbocycles. The summed E-state index contributed by atoms with van der Waals surface area (Å²) in [5.41, 5.74) is 10.5. The highest BCUT2D eigenvalue weighted by Crippen LogP contribution is 2.33. The van der Waals surface area contributed by atoms with Gasteiger partial charge in [0.05, 0.1) is 11.4 Å². The van der Waals surface area contributed by atoms with Crippen LogP contribution in [-0.2, 0) is 17.6 Å². The van der Waals surface area contributed by atoms with Gasteiger partial charge >= 0.3 is 0 Å². The van der Waals surface area contributed by atoms with Crippen LogP contribution in [0.4, 0.5) is 11.4 Å². The lowest BCUT2D eigenvalue weighted by atomic mass is 10.1. The van der Waals surface area contributed by atoms with Crippen molar-refractivity contribution < 1.29 is 9.15 Å². The predicted molar refractivity (Wildman–Crippen MR) is 254 cm³/mol. The summed E-state index contributed by atoms with van der Waals surface area (Å²) in [5.74, 6) is 1.27. The number of hydrogen-bond donors (Lipinski definition) is 0. The predicted octanol–water partition coefficient (Wildman–Crippen LogP) is 9.43. The number of benzene rings is 4. The number of rotatable bonds is 10. The summed E-state index contributed by atoms with van der Waals surface area (Å²) in [4.78, 5) is 31.3. The smallest absolute Gasteiger partial charge is 0.256 e. The van der Waals surface area contributed by atoms with Gasteiger partial charge in [-0.05, 0) is 68.9 Å². The van der Waals surface area contributed by atoms with E-state index in [0.29, 0.717) is 18.4 Å². The zero-order valence-corrected chi connectivity index (χ0v) is 37.7. The monoisotopic (exact) mass is 862 g/mol. The molecule has 0 N–H and O–H groups in total. The lowest BCUT2D eigenvalue weighted by Gasteiger charge is -2.34. The van der Waals surface area contributed by atoms with Crippen molar-refractivity contribution in [3.05, 3.63) is 158 Å². The molecule has 0 amide bonds. The molecule has 2 saturated heterocycles. The molecule has 0 aliphatic carbocycles. The Morgan fingerprint density at radius 1 is 0.597 bits per heavy atom. The normalized spacial score (nSPS) is 17.1. The second-order valence-electron chi connectivity index (χ2n) is 16.4.